The van der Waals surface area contributed by atoms with E-state index >= 15 is 0 Å². The second-order valence-electron chi connectivity index (χ2n) is 10.0. The van der Waals surface area contributed by atoms with Crippen LogP contribution in [0.1, 0.15) is 31.4 Å². The minimum Gasteiger partial charge on any atom is -0.497 e. The van der Waals surface area contributed by atoms with E-state index in [1.54, 1.807) is 29.1 Å². The molecule has 9 nitrogen and oxygen atoms in total. The predicted octanol–water partition coefficient (Wildman–Crippen LogP) is 2.72. The predicted molar refractivity (Wildman–Crippen MR) is 140 cm³/mol. The average Bonchev–Trinajstić information content (AvgIpc) is 2.89. The van der Waals surface area contributed by atoms with Crippen molar-refractivity contribution >= 4 is 17.8 Å². The summed E-state index contributed by atoms with van der Waals surface area (Å²) < 4.78 is 5.20. The fraction of sp³-hybridized carbons (Fsp3) is 0.464. The van der Waals surface area contributed by atoms with Crippen LogP contribution in [0, 0.1) is 5.92 Å². The highest BCUT2D eigenvalue weighted by Crippen LogP contribution is 2.29. The van der Waals surface area contributed by atoms with Gasteiger partial charge in [0.05, 0.1) is 20.2 Å². The lowest BCUT2D eigenvalue weighted by molar-refractivity contribution is -0.189. The third-order valence-electron chi connectivity index (χ3n) is 7.05. The molecule has 0 saturated carbocycles. The number of likely N-dealkylation sites (N-methyl/N-ethyl adjacent to an activating group) is 1. The quantitative estimate of drug-likeness (QED) is 0.594. The number of nitrogens with zero attached hydrogens (tertiary/aromatic N) is 4. The Morgan fingerprint density at radius 2 is 1.76 bits per heavy atom. The van der Waals surface area contributed by atoms with E-state index in [-0.39, 0.29) is 36.9 Å². The van der Waals surface area contributed by atoms with Crippen LogP contribution in [0.5, 0.6) is 5.75 Å². The highest BCUT2D eigenvalue weighted by atomic mass is 16.5. The molecule has 2 aliphatic heterocycles. The van der Waals surface area contributed by atoms with Crippen molar-refractivity contribution in [1.82, 2.24) is 25.1 Å². The summed E-state index contributed by atoms with van der Waals surface area (Å²) in [5.41, 5.74) is 2.16. The molecule has 0 spiro atoms. The number of fused-ring (bicyclic) bond motifs is 1. The number of hydrogen-bond acceptors (Lipinski definition) is 5. The van der Waals surface area contributed by atoms with E-state index in [0.717, 1.165) is 24.2 Å². The molecule has 2 fully saturated rings. The van der Waals surface area contributed by atoms with Crippen molar-refractivity contribution in [2.24, 2.45) is 5.92 Å². The zero-order valence-corrected chi connectivity index (χ0v) is 22.1. The van der Waals surface area contributed by atoms with Gasteiger partial charge in [0.15, 0.2) is 0 Å². The highest BCUT2D eigenvalue weighted by molar-refractivity contribution is 5.91. The van der Waals surface area contributed by atoms with Crippen LogP contribution in [0.25, 0.3) is 0 Å². The molecule has 4 rings (SSSR count). The fourth-order valence-electron chi connectivity index (χ4n) is 5.18. The number of nitrogens with one attached hydrogen (secondary N) is 1. The van der Waals surface area contributed by atoms with Crippen LogP contribution in [0.2, 0.25) is 0 Å². The number of piperazine rings is 1. The molecule has 0 radical (unpaired) electrons. The summed E-state index contributed by atoms with van der Waals surface area (Å²) in [4.78, 5) is 43.6. The number of urea groups is 1. The number of hydrazine groups is 1. The molecule has 2 heterocycles. The molecule has 0 aromatic heterocycles. The minimum absolute atomic E-state index is 0.0387. The standard InChI is InChI=1S/C28H37N5O4/c1-20(2)26-27(35)31(16-8-11-21-9-6-5-7-10-21)18-24-32(26)25(34)19-30(3)33(24)28(36)29-17-22-12-14-23(37-4)15-13-22/h5-7,9-10,12-15,20,24,26H,8,11,16-19H2,1-4H3,(H,29,36)/t24-,26-/m0/s1. The second kappa shape index (κ2) is 11.6. The molecule has 198 valence electrons. The SMILES string of the molecule is COc1ccc(CNC(=O)N2[C@H]3CN(CCCc4ccccc4)C(=O)[C@H](C(C)C)N3C(=O)CN2C)cc1. The van der Waals surface area contributed by atoms with Crippen molar-refractivity contribution in [3.05, 3.63) is 65.7 Å². The second-order valence-corrected chi connectivity index (χ2v) is 10.0. The van der Waals surface area contributed by atoms with Gasteiger partial charge in [-0.15, -0.1) is 0 Å². The molecular weight excluding hydrogens is 470 g/mol. The number of hydrogen-bond donors (Lipinski definition) is 1. The number of aryl methyl sites for hydroxylation is 1. The summed E-state index contributed by atoms with van der Waals surface area (Å²) in [5.74, 6) is 0.487. The first kappa shape index (κ1) is 26.5. The third kappa shape index (κ3) is 5.88. The Hall–Kier alpha value is -3.59. The zero-order chi connectivity index (χ0) is 26.5. The minimum atomic E-state index is -0.603. The van der Waals surface area contributed by atoms with Crippen LogP contribution >= 0.6 is 0 Å². The molecule has 4 amide bonds. The van der Waals surface area contributed by atoms with Crippen LogP contribution in [-0.4, -0.2) is 83.7 Å². The van der Waals surface area contributed by atoms with Crippen LogP contribution in [-0.2, 0) is 22.6 Å². The van der Waals surface area contributed by atoms with E-state index in [1.165, 1.54) is 5.56 Å². The lowest BCUT2D eigenvalue weighted by Crippen LogP contribution is -2.76. The lowest BCUT2D eigenvalue weighted by atomic mass is 9.96. The van der Waals surface area contributed by atoms with Crippen molar-refractivity contribution in [2.45, 2.75) is 45.4 Å². The van der Waals surface area contributed by atoms with Crippen LogP contribution in [0.3, 0.4) is 0 Å². The van der Waals surface area contributed by atoms with Gasteiger partial charge in [0, 0.05) is 20.1 Å². The third-order valence-corrected chi connectivity index (χ3v) is 7.05. The number of carbonyl (C=O) groups is 3. The van der Waals surface area contributed by atoms with Gasteiger partial charge in [0.2, 0.25) is 11.8 Å². The first-order valence-electron chi connectivity index (χ1n) is 12.8. The van der Waals surface area contributed by atoms with E-state index in [0.29, 0.717) is 13.1 Å². The van der Waals surface area contributed by atoms with E-state index in [9.17, 15) is 14.4 Å². The Kier molecular flexibility index (Phi) is 8.33. The Balaban J connectivity index is 1.50. The van der Waals surface area contributed by atoms with Crippen molar-refractivity contribution in [3.8, 4) is 5.75 Å². The molecule has 0 aliphatic carbocycles. The van der Waals surface area contributed by atoms with Crippen molar-refractivity contribution in [2.75, 3.05) is 33.8 Å². The Bertz CT molecular complexity index is 1090. The Labute approximate surface area is 218 Å². The number of carbonyl (C=O) groups excluding carboxylic acids is 3. The summed E-state index contributed by atoms with van der Waals surface area (Å²) in [6, 6.07) is 16.8. The lowest BCUT2D eigenvalue weighted by Gasteiger charge is -2.55. The number of ether oxygens (including phenoxy) is 1. The average molecular weight is 508 g/mol. The van der Waals surface area contributed by atoms with Crippen LogP contribution in [0.4, 0.5) is 4.79 Å². The number of rotatable bonds is 8. The van der Waals surface area contributed by atoms with Crippen molar-refractivity contribution in [1.29, 1.82) is 0 Å². The fourth-order valence-corrected chi connectivity index (χ4v) is 5.18. The highest BCUT2D eigenvalue weighted by Gasteiger charge is 2.51. The van der Waals surface area contributed by atoms with Gasteiger partial charge in [0.1, 0.15) is 18.0 Å². The summed E-state index contributed by atoms with van der Waals surface area (Å²) in [5, 5.41) is 6.23. The molecule has 1 N–H and O–H groups in total. The van der Waals surface area contributed by atoms with Gasteiger partial charge >= 0.3 is 6.03 Å². The van der Waals surface area contributed by atoms with E-state index in [4.69, 9.17) is 4.74 Å². The monoisotopic (exact) mass is 507 g/mol. The van der Waals surface area contributed by atoms with E-state index in [1.807, 2.05) is 61.2 Å². The first-order chi connectivity index (χ1) is 17.8. The number of amides is 4. The Morgan fingerprint density at radius 3 is 2.41 bits per heavy atom. The normalized spacial score (nSPS) is 20.3. The van der Waals surface area contributed by atoms with Gasteiger partial charge in [-0.25, -0.2) is 14.8 Å². The molecule has 9 heteroatoms. The summed E-state index contributed by atoms with van der Waals surface area (Å²) >= 11 is 0. The van der Waals surface area contributed by atoms with Crippen LogP contribution < -0.4 is 10.1 Å². The van der Waals surface area contributed by atoms with E-state index in [2.05, 4.69) is 17.4 Å². The largest absolute Gasteiger partial charge is 0.497 e. The smallest absolute Gasteiger partial charge is 0.334 e. The molecule has 2 aromatic rings. The molecule has 2 atom stereocenters. The van der Waals surface area contributed by atoms with Crippen molar-refractivity contribution in [3.63, 3.8) is 0 Å². The van der Waals surface area contributed by atoms with Gasteiger partial charge in [-0.1, -0.05) is 56.3 Å². The molecule has 2 aromatic carbocycles. The molecule has 2 saturated heterocycles. The maximum Gasteiger partial charge on any atom is 0.334 e. The number of benzene rings is 2. The first-order valence-corrected chi connectivity index (χ1v) is 12.8. The molecule has 0 unspecified atom stereocenters. The van der Waals surface area contributed by atoms with Gasteiger partial charge in [-0.2, -0.15) is 0 Å². The van der Waals surface area contributed by atoms with Gasteiger partial charge in [-0.3, -0.25) is 9.59 Å². The van der Waals surface area contributed by atoms with Crippen LogP contribution in [0.15, 0.2) is 54.6 Å². The zero-order valence-electron chi connectivity index (χ0n) is 22.1. The topological polar surface area (TPSA) is 85.4 Å². The Morgan fingerprint density at radius 1 is 1.05 bits per heavy atom. The van der Waals surface area contributed by atoms with Gasteiger partial charge < -0.3 is 19.9 Å². The van der Waals surface area contributed by atoms with E-state index < -0.39 is 12.2 Å². The molecular formula is C28H37N5O4. The summed E-state index contributed by atoms with van der Waals surface area (Å²) in [6.07, 6.45) is 1.10. The van der Waals surface area contributed by atoms with Gasteiger partial charge in [-0.05, 0) is 42.0 Å². The van der Waals surface area contributed by atoms with Crippen molar-refractivity contribution < 1.29 is 19.1 Å². The summed E-state index contributed by atoms with van der Waals surface area (Å²) in [7, 11) is 3.35. The van der Waals surface area contributed by atoms with Gasteiger partial charge in [0.25, 0.3) is 0 Å². The summed E-state index contributed by atoms with van der Waals surface area (Å²) in [6.45, 7) is 5.13. The molecule has 37 heavy (non-hydrogen) atoms. The maximum absolute atomic E-state index is 13.5. The molecule has 2 aliphatic rings. The number of methoxy groups -OCH3 is 1. The maximum atomic E-state index is 13.5. The molecule has 0 bridgehead atoms.